The van der Waals surface area contributed by atoms with Crippen LogP contribution in [0.4, 0.5) is 0 Å². The van der Waals surface area contributed by atoms with Crippen LogP contribution in [0.15, 0.2) is 24.3 Å². The Bertz CT molecular complexity index is 325. The molecule has 0 aliphatic carbocycles. The molecule has 0 N–H and O–H groups in total. The second kappa shape index (κ2) is 3.80. The van der Waals surface area contributed by atoms with Crippen LogP contribution in [0.25, 0.3) is 0 Å². The predicted molar refractivity (Wildman–Crippen MR) is 51.2 cm³/mol. The Morgan fingerprint density at radius 3 is 2.64 bits per heavy atom. The van der Waals surface area contributed by atoms with E-state index in [2.05, 4.69) is 6.92 Å². The van der Waals surface area contributed by atoms with E-state index in [9.17, 15) is 4.79 Å². The molecular weight excluding hydrogens is 180 g/mol. The lowest BCUT2D eigenvalue weighted by Gasteiger charge is -2.02. The van der Waals surface area contributed by atoms with Gasteiger partial charge in [-0.1, -0.05) is 19.1 Å². The summed E-state index contributed by atoms with van der Waals surface area (Å²) in [6, 6.07) is 7.52. The van der Waals surface area contributed by atoms with Gasteiger partial charge in [-0.3, -0.25) is 0 Å². The standard InChI is InChI=1S/C11H12O3/c1-2-8-3-5-9(6-4-8)14-11(12)10-7-13-10/h3-6,10H,2,7H2,1H3. The highest BCUT2D eigenvalue weighted by molar-refractivity contribution is 5.79. The Balaban J connectivity index is 1.98. The smallest absolute Gasteiger partial charge is 0.343 e. The van der Waals surface area contributed by atoms with Gasteiger partial charge in [0.05, 0.1) is 6.61 Å². The number of rotatable bonds is 3. The zero-order chi connectivity index (χ0) is 9.97. The second-order valence-electron chi connectivity index (χ2n) is 3.24. The molecule has 0 saturated carbocycles. The van der Waals surface area contributed by atoms with Crippen LogP contribution in [0.5, 0.6) is 5.75 Å². The van der Waals surface area contributed by atoms with Crippen molar-refractivity contribution in [3.8, 4) is 5.75 Å². The van der Waals surface area contributed by atoms with E-state index in [1.54, 1.807) is 12.1 Å². The number of esters is 1. The van der Waals surface area contributed by atoms with Crippen LogP contribution < -0.4 is 4.74 Å². The molecule has 0 radical (unpaired) electrons. The summed E-state index contributed by atoms with van der Waals surface area (Å²) in [5.74, 6) is 0.289. The maximum atomic E-state index is 11.2. The summed E-state index contributed by atoms with van der Waals surface area (Å²) in [6.07, 6.45) is 0.654. The molecule has 1 atom stereocenters. The van der Waals surface area contributed by atoms with E-state index in [0.717, 1.165) is 6.42 Å². The highest BCUT2D eigenvalue weighted by Crippen LogP contribution is 2.16. The van der Waals surface area contributed by atoms with Crippen LogP contribution >= 0.6 is 0 Å². The molecule has 1 heterocycles. The fraction of sp³-hybridized carbons (Fsp3) is 0.364. The number of epoxide rings is 1. The van der Waals surface area contributed by atoms with Crippen LogP contribution in [-0.2, 0) is 16.0 Å². The van der Waals surface area contributed by atoms with Crippen molar-refractivity contribution >= 4 is 5.97 Å². The van der Waals surface area contributed by atoms with Gasteiger partial charge in [0.2, 0.25) is 0 Å². The molecule has 2 rings (SSSR count). The summed E-state index contributed by atoms with van der Waals surface area (Å²) in [4.78, 5) is 11.2. The molecule has 0 bridgehead atoms. The molecule has 0 spiro atoms. The zero-order valence-electron chi connectivity index (χ0n) is 8.03. The molecule has 1 aromatic carbocycles. The summed E-state index contributed by atoms with van der Waals surface area (Å²) < 4.78 is 9.89. The minimum absolute atomic E-state index is 0.297. The lowest BCUT2D eigenvalue weighted by molar-refractivity contribution is -0.135. The molecular formula is C11H12O3. The van der Waals surface area contributed by atoms with Gasteiger partial charge in [-0.25, -0.2) is 4.79 Å². The topological polar surface area (TPSA) is 38.8 Å². The zero-order valence-corrected chi connectivity index (χ0v) is 8.03. The van der Waals surface area contributed by atoms with E-state index in [0.29, 0.717) is 12.4 Å². The third kappa shape index (κ3) is 2.12. The molecule has 3 heteroatoms. The van der Waals surface area contributed by atoms with Crippen LogP contribution in [0.2, 0.25) is 0 Å². The molecule has 14 heavy (non-hydrogen) atoms. The second-order valence-corrected chi connectivity index (χ2v) is 3.24. The van der Waals surface area contributed by atoms with E-state index in [1.807, 2.05) is 12.1 Å². The number of ether oxygens (including phenoxy) is 2. The molecule has 3 nitrogen and oxygen atoms in total. The van der Waals surface area contributed by atoms with E-state index in [1.165, 1.54) is 5.56 Å². The SMILES string of the molecule is CCc1ccc(OC(=O)C2CO2)cc1. The molecule has 74 valence electrons. The highest BCUT2D eigenvalue weighted by Gasteiger charge is 2.33. The maximum absolute atomic E-state index is 11.2. The number of carbonyl (C=O) groups is 1. The van der Waals surface area contributed by atoms with Gasteiger partial charge in [0.15, 0.2) is 6.10 Å². The van der Waals surface area contributed by atoms with Gasteiger partial charge in [0.25, 0.3) is 0 Å². The minimum Gasteiger partial charge on any atom is -0.425 e. The number of carbonyl (C=O) groups excluding carboxylic acids is 1. The summed E-state index contributed by atoms with van der Waals surface area (Å²) in [5.41, 5.74) is 1.23. The Morgan fingerprint density at radius 1 is 1.50 bits per heavy atom. The van der Waals surface area contributed by atoms with Gasteiger partial charge >= 0.3 is 5.97 Å². The number of hydrogen-bond acceptors (Lipinski definition) is 3. The molecule has 1 aliphatic heterocycles. The molecule has 1 unspecified atom stereocenters. The van der Waals surface area contributed by atoms with Crippen molar-refractivity contribution in [2.24, 2.45) is 0 Å². The van der Waals surface area contributed by atoms with Crippen molar-refractivity contribution in [3.05, 3.63) is 29.8 Å². The third-order valence-electron chi connectivity index (χ3n) is 2.15. The van der Waals surface area contributed by atoms with E-state index in [-0.39, 0.29) is 12.1 Å². The lowest BCUT2D eigenvalue weighted by Crippen LogP contribution is -2.14. The largest absolute Gasteiger partial charge is 0.425 e. The van der Waals surface area contributed by atoms with Gasteiger partial charge in [-0.2, -0.15) is 0 Å². The molecule has 0 amide bonds. The summed E-state index contributed by atoms with van der Waals surface area (Å²) in [6.45, 7) is 2.57. The van der Waals surface area contributed by atoms with Crippen LogP contribution in [-0.4, -0.2) is 18.7 Å². The predicted octanol–water partition coefficient (Wildman–Crippen LogP) is 1.55. The third-order valence-corrected chi connectivity index (χ3v) is 2.15. The molecule has 1 aliphatic rings. The van der Waals surface area contributed by atoms with Gasteiger partial charge < -0.3 is 9.47 Å². The van der Waals surface area contributed by atoms with Crippen molar-refractivity contribution in [2.45, 2.75) is 19.4 Å². The van der Waals surface area contributed by atoms with Crippen molar-refractivity contribution in [1.82, 2.24) is 0 Å². The fourth-order valence-corrected chi connectivity index (χ4v) is 1.16. The normalized spacial score (nSPS) is 19.1. The number of benzene rings is 1. The molecule has 1 aromatic rings. The monoisotopic (exact) mass is 192 g/mol. The van der Waals surface area contributed by atoms with E-state index < -0.39 is 0 Å². The van der Waals surface area contributed by atoms with Crippen molar-refractivity contribution in [3.63, 3.8) is 0 Å². The van der Waals surface area contributed by atoms with E-state index >= 15 is 0 Å². The first-order chi connectivity index (χ1) is 6.79. The summed E-state index contributed by atoms with van der Waals surface area (Å²) in [7, 11) is 0. The van der Waals surface area contributed by atoms with E-state index in [4.69, 9.17) is 9.47 Å². The summed E-state index contributed by atoms with van der Waals surface area (Å²) >= 11 is 0. The Morgan fingerprint density at radius 2 is 2.14 bits per heavy atom. The first-order valence-electron chi connectivity index (χ1n) is 4.72. The summed E-state index contributed by atoms with van der Waals surface area (Å²) in [5, 5.41) is 0. The molecule has 0 aromatic heterocycles. The quantitative estimate of drug-likeness (QED) is 0.414. The van der Waals surface area contributed by atoms with Gasteiger partial charge in [0.1, 0.15) is 5.75 Å². The van der Waals surface area contributed by atoms with Gasteiger partial charge in [-0.05, 0) is 24.1 Å². The van der Waals surface area contributed by atoms with Gasteiger partial charge in [0, 0.05) is 0 Å². The van der Waals surface area contributed by atoms with Crippen molar-refractivity contribution in [2.75, 3.05) is 6.61 Å². The van der Waals surface area contributed by atoms with Crippen molar-refractivity contribution in [1.29, 1.82) is 0 Å². The fourth-order valence-electron chi connectivity index (χ4n) is 1.16. The Kier molecular flexibility index (Phi) is 2.50. The average Bonchev–Trinajstić information content (AvgIpc) is 3.02. The van der Waals surface area contributed by atoms with Crippen LogP contribution in [0.3, 0.4) is 0 Å². The van der Waals surface area contributed by atoms with Crippen molar-refractivity contribution < 1.29 is 14.3 Å². The number of aryl methyl sites for hydroxylation is 1. The lowest BCUT2D eigenvalue weighted by atomic mass is 10.2. The van der Waals surface area contributed by atoms with Gasteiger partial charge in [-0.15, -0.1) is 0 Å². The average molecular weight is 192 g/mol. The van der Waals surface area contributed by atoms with Crippen LogP contribution in [0, 0.1) is 0 Å². The van der Waals surface area contributed by atoms with Crippen LogP contribution in [0.1, 0.15) is 12.5 Å². The molecule has 1 saturated heterocycles. The minimum atomic E-state index is -0.333. The number of hydrogen-bond donors (Lipinski definition) is 0. The molecule has 1 fully saturated rings. The highest BCUT2D eigenvalue weighted by atomic mass is 16.6. The maximum Gasteiger partial charge on any atom is 0.343 e. The Hall–Kier alpha value is -1.35. The first kappa shape index (κ1) is 9.21. The first-order valence-corrected chi connectivity index (χ1v) is 4.72. The Labute approximate surface area is 82.6 Å².